The van der Waals surface area contributed by atoms with Crippen molar-refractivity contribution < 1.29 is 32.1 Å². The molecule has 0 aliphatic carbocycles. The number of nitrogens with one attached hydrogen (secondary N) is 2. The average Bonchev–Trinajstić information content (AvgIpc) is 3.00. The van der Waals surface area contributed by atoms with Crippen LogP contribution in [0.4, 0.5) is 15.8 Å². The molecule has 0 amide bonds. The van der Waals surface area contributed by atoms with Crippen molar-refractivity contribution in [2.24, 2.45) is 0 Å². The number of hydroxylamine groups is 1. The highest BCUT2D eigenvalue weighted by Gasteiger charge is 2.22. The maximum absolute atomic E-state index is 15.2. The highest BCUT2D eigenvalue weighted by Crippen LogP contribution is 2.38. The largest absolute Gasteiger partial charge is 0.629 e. The van der Waals surface area contributed by atoms with E-state index in [0.717, 1.165) is 32.1 Å². The Kier molecular flexibility index (Phi) is 9.61. The predicted molar refractivity (Wildman–Crippen MR) is 162 cm³/mol. The number of aromatic nitrogens is 1. The second kappa shape index (κ2) is 13.6. The minimum absolute atomic E-state index is 0.0217. The summed E-state index contributed by atoms with van der Waals surface area (Å²) in [5.74, 6) is 0.497. The van der Waals surface area contributed by atoms with Crippen LogP contribution in [0.2, 0.25) is 0 Å². The standard InChI is InChI=1S/C31H35FN4O6S/c1-35(37)26-9-4-5-10-31(26)43(38,39)34-22-11-12-28(24(32)19-22)42-27-13-14-33-25-21-30(29(40-2)20-23(25)27)41-18-8-17-36-15-6-3-7-16-36/h4-5,9-14,19-21,34-35H,3,6-8,15-18H2,1-2H3. The number of quaternary nitrogens is 1. The number of nitrogens with zero attached hydrogens (tertiary/aromatic N) is 2. The first-order valence-corrected chi connectivity index (χ1v) is 15.7. The zero-order valence-electron chi connectivity index (χ0n) is 24.1. The molecule has 2 N–H and O–H groups in total. The van der Waals surface area contributed by atoms with Crippen molar-refractivity contribution in [1.29, 1.82) is 0 Å². The van der Waals surface area contributed by atoms with Gasteiger partial charge in [0.2, 0.25) is 0 Å². The molecule has 228 valence electrons. The van der Waals surface area contributed by atoms with Crippen LogP contribution in [0.3, 0.4) is 0 Å². The zero-order chi connectivity index (χ0) is 30.4. The monoisotopic (exact) mass is 610 g/mol. The molecule has 3 aromatic carbocycles. The fraction of sp³-hybridized carbons (Fsp3) is 0.323. The predicted octanol–water partition coefficient (Wildman–Crippen LogP) is 4.87. The summed E-state index contributed by atoms with van der Waals surface area (Å²) in [5, 5.41) is 12.1. The van der Waals surface area contributed by atoms with Gasteiger partial charge < -0.3 is 29.4 Å². The number of likely N-dealkylation sites (tertiary alicyclic amines) is 1. The number of sulfonamides is 1. The number of anilines is 1. The third kappa shape index (κ3) is 7.34. The van der Waals surface area contributed by atoms with Crippen LogP contribution in [-0.4, -0.2) is 58.7 Å². The Morgan fingerprint density at radius 1 is 1.00 bits per heavy atom. The molecule has 5 rings (SSSR count). The van der Waals surface area contributed by atoms with Crippen LogP contribution in [-0.2, 0) is 10.0 Å². The molecule has 12 heteroatoms. The lowest BCUT2D eigenvalue weighted by Gasteiger charge is -2.26. The van der Waals surface area contributed by atoms with Gasteiger partial charge >= 0.3 is 0 Å². The molecule has 2 heterocycles. The third-order valence-electron chi connectivity index (χ3n) is 7.27. The van der Waals surface area contributed by atoms with E-state index in [1.807, 2.05) is 0 Å². The topological polar surface area (TPSA) is 117 Å². The number of hydrogen-bond acceptors (Lipinski definition) is 8. The molecular weight excluding hydrogens is 575 g/mol. The van der Waals surface area contributed by atoms with E-state index in [0.29, 0.717) is 34.8 Å². The highest BCUT2D eigenvalue weighted by atomic mass is 32.2. The molecule has 1 unspecified atom stereocenters. The van der Waals surface area contributed by atoms with Crippen molar-refractivity contribution in [2.45, 2.75) is 30.6 Å². The van der Waals surface area contributed by atoms with E-state index in [9.17, 15) is 13.6 Å². The van der Waals surface area contributed by atoms with E-state index >= 15 is 4.39 Å². The number of rotatable bonds is 12. The van der Waals surface area contributed by atoms with Gasteiger partial charge in [-0.2, -0.15) is 0 Å². The fourth-order valence-electron chi connectivity index (χ4n) is 5.11. The number of fused-ring (bicyclic) bond motifs is 1. The first-order chi connectivity index (χ1) is 20.7. The van der Waals surface area contributed by atoms with Gasteiger partial charge in [0.25, 0.3) is 10.0 Å². The second-order valence-electron chi connectivity index (χ2n) is 10.3. The maximum Gasteiger partial charge on any atom is 0.267 e. The SMILES string of the molecule is COc1cc2c(Oc3ccc(NS(=O)(=O)c4ccccc4[NH+](C)[O-])cc3F)ccnc2cc1OCCCN1CCCCC1. The molecule has 1 aliphatic rings. The van der Waals surface area contributed by atoms with E-state index in [-0.39, 0.29) is 22.0 Å². The third-order valence-corrected chi connectivity index (χ3v) is 8.71. The molecule has 4 aromatic rings. The van der Waals surface area contributed by atoms with Gasteiger partial charge in [0.05, 0.1) is 32.0 Å². The fourth-order valence-corrected chi connectivity index (χ4v) is 6.42. The summed E-state index contributed by atoms with van der Waals surface area (Å²) in [6.45, 7) is 3.81. The lowest BCUT2D eigenvalue weighted by atomic mass is 10.1. The number of halogens is 1. The van der Waals surface area contributed by atoms with Gasteiger partial charge in [0, 0.05) is 36.3 Å². The zero-order valence-corrected chi connectivity index (χ0v) is 25.0. The van der Waals surface area contributed by atoms with Crippen LogP contribution in [0.1, 0.15) is 25.7 Å². The van der Waals surface area contributed by atoms with E-state index in [2.05, 4.69) is 14.6 Å². The molecule has 0 radical (unpaired) electrons. The molecule has 0 saturated carbocycles. The number of methoxy groups -OCH3 is 1. The summed E-state index contributed by atoms with van der Waals surface area (Å²) >= 11 is 0. The van der Waals surface area contributed by atoms with Gasteiger partial charge in [-0.25, -0.2) is 12.8 Å². The van der Waals surface area contributed by atoms with Gasteiger partial charge in [-0.3, -0.25) is 9.71 Å². The Labute approximate surface area is 250 Å². The normalized spacial score (nSPS) is 14.8. The lowest BCUT2D eigenvalue weighted by Crippen LogP contribution is -2.98. The van der Waals surface area contributed by atoms with Gasteiger partial charge in [-0.15, -0.1) is 0 Å². The number of ether oxygens (including phenoxy) is 3. The lowest BCUT2D eigenvalue weighted by molar-refractivity contribution is -0.753. The molecule has 1 fully saturated rings. The molecule has 43 heavy (non-hydrogen) atoms. The molecule has 1 saturated heterocycles. The summed E-state index contributed by atoms with van der Waals surface area (Å²) in [6, 6.07) is 14.7. The van der Waals surface area contributed by atoms with Crippen LogP contribution in [0.15, 0.2) is 71.8 Å². The van der Waals surface area contributed by atoms with Crippen molar-refractivity contribution in [3.8, 4) is 23.0 Å². The Morgan fingerprint density at radius 2 is 1.79 bits per heavy atom. The molecule has 1 atom stereocenters. The van der Waals surface area contributed by atoms with Gasteiger partial charge in [0.1, 0.15) is 10.6 Å². The van der Waals surface area contributed by atoms with E-state index < -0.39 is 20.9 Å². The number of piperidine rings is 1. The van der Waals surface area contributed by atoms with Crippen LogP contribution < -0.4 is 24.0 Å². The van der Waals surface area contributed by atoms with Crippen molar-refractivity contribution in [2.75, 3.05) is 45.1 Å². The number of para-hydroxylation sites is 1. The first kappa shape index (κ1) is 30.5. The Morgan fingerprint density at radius 3 is 2.53 bits per heavy atom. The highest BCUT2D eigenvalue weighted by molar-refractivity contribution is 7.92. The van der Waals surface area contributed by atoms with E-state index in [1.54, 1.807) is 37.6 Å². The van der Waals surface area contributed by atoms with Crippen LogP contribution in [0.5, 0.6) is 23.0 Å². The second-order valence-corrected chi connectivity index (χ2v) is 12.0. The van der Waals surface area contributed by atoms with E-state index in [1.165, 1.54) is 56.6 Å². The number of hydrogen-bond donors (Lipinski definition) is 2. The number of benzene rings is 3. The summed E-state index contributed by atoms with van der Waals surface area (Å²) < 4.78 is 60.9. The van der Waals surface area contributed by atoms with Crippen molar-refractivity contribution >= 4 is 32.3 Å². The van der Waals surface area contributed by atoms with Crippen LogP contribution in [0.25, 0.3) is 10.9 Å². The molecule has 1 aromatic heterocycles. The van der Waals surface area contributed by atoms with Crippen molar-refractivity contribution in [3.05, 3.63) is 77.9 Å². The molecule has 0 spiro atoms. The Hall–Kier alpha value is -3.97. The van der Waals surface area contributed by atoms with Crippen molar-refractivity contribution in [3.63, 3.8) is 0 Å². The summed E-state index contributed by atoms with van der Waals surface area (Å²) in [7, 11) is -1.32. The van der Waals surface area contributed by atoms with E-state index in [4.69, 9.17) is 14.2 Å². The maximum atomic E-state index is 15.2. The minimum Gasteiger partial charge on any atom is -0.629 e. The Bertz CT molecular complexity index is 1680. The molecule has 1 aliphatic heterocycles. The quantitative estimate of drug-likeness (QED) is 0.172. The first-order valence-electron chi connectivity index (χ1n) is 14.2. The van der Waals surface area contributed by atoms with Gasteiger partial charge in [0.15, 0.2) is 28.8 Å². The molecular formula is C31H35FN4O6S. The summed E-state index contributed by atoms with van der Waals surface area (Å²) in [6.07, 6.45) is 6.25. The van der Waals surface area contributed by atoms with Crippen molar-refractivity contribution in [1.82, 2.24) is 9.88 Å². The molecule has 0 bridgehead atoms. The van der Waals surface area contributed by atoms with Gasteiger partial charge in [-0.05, 0) is 62.7 Å². The van der Waals surface area contributed by atoms with Crippen LogP contribution >= 0.6 is 0 Å². The summed E-state index contributed by atoms with van der Waals surface area (Å²) in [4.78, 5) is 6.70. The number of pyridine rings is 1. The smallest absolute Gasteiger partial charge is 0.267 e. The van der Waals surface area contributed by atoms with Crippen LogP contribution in [0, 0.1) is 11.0 Å². The minimum atomic E-state index is -4.15. The average molecular weight is 611 g/mol. The molecule has 10 nitrogen and oxygen atoms in total. The summed E-state index contributed by atoms with van der Waals surface area (Å²) in [5.41, 5.74) is 0.603. The Balaban J connectivity index is 1.30. The van der Waals surface area contributed by atoms with Gasteiger partial charge in [-0.1, -0.05) is 18.6 Å².